The molecule has 4 fully saturated rings. The summed E-state index contributed by atoms with van der Waals surface area (Å²) in [5.41, 5.74) is 12.6. The fourth-order valence-electron chi connectivity index (χ4n) is 9.49. The molecular weight excluding hydrogens is 992 g/mol. The highest BCUT2D eigenvalue weighted by Gasteiger charge is 2.41. The van der Waals surface area contributed by atoms with Gasteiger partial charge in [0.1, 0.15) is 37.1 Å². The second kappa shape index (κ2) is 21.2. The molecule has 6 aliphatic rings. The number of pyridine rings is 4. The number of rotatable bonds is 9. The van der Waals surface area contributed by atoms with E-state index in [1.54, 1.807) is 35.6 Å². The molecule has 21 nitrogen and oxygen atoms in total. The number of nitrogens with one attached hydrogen (secondary N) is 2. The van der Waals surface area contributed by atoms with Crippen LogP contribution in [0.1, 0.15) is 51.9 Å². The molecule has 0 aliphatic carbocycles. The van der Waals surface area contributed by atoms with Crippen molar-refractivity contribution >= 4 is 63.9 Å². The average Bonchev–Trinajstić information content (AvgIpc) is 4.16. The number of carbonyl (C=O) groups excluding carboxylic acids is 1. The van der Waals surface area contributed by atoms with Gasteiger partial charge in [-0.25, -0.2) is 24.7 Å². The number of urea groups is 1. The second-order valence-corrected chi connectivity index (χ2v) is 20.3. The molecule has 2 amide bonds. The lowest BCUT2D eigenvalue weighted by Crippen LogP contribution is -2.48. The zero-order valence-electron chi connectivity index (χ0n) is 41.9. The number of nitrogens with zero attached hydrogens (tertiary/aromatic N) is 11. The maximum Gasteiger partial charge on any atom is 0.329 e. The van der Waals surface area contributed by atoms with Crippen LogP contribution in [0.3, 0.4) is 0 Å². The van der Waals surface area contributed by atoms with E-state index >= 15 is 0 Å². The molecule has 0 radical (unpaired) electrons. The predicted molar refractivity (Wildman–Crippen MR) is 280 cm³/mol. The number of anilines is 6. The normalized spacial score (nSPS) is 21.3. The topological polar surface area (TPSA) is 235 Å². The lowest BCUT2D eigenvalue weighted by Gasteiger charge is -2.36. The summed E-state index contributed by atoms with van der Waals surface area (Å²) in [6.45, 7) is 16.5. The van der Waals surface area contributed by atoms with E-state index in [9.17, 15) is 4.79 Å². The van der Waals surface area contributed by atoms with E-state index in [0.717, 1.165) is 77.9 Å². The van der Waals surface area contributed by atoms with Crippen molar-refractivity contribution in [2.24, 2.45) is 0 Å². The Morgan fingerprint density at radius 2 is 1.30 bits per heavy atom. The van der Waals surface area contributed by atoms with Crippen LogP contribution in [-0.4, -0.2) is 134 Å². The van der Waals surface area contributed by atoms with Crippen LogP contribution in [0.15, 0.2) is 73.3 Å². The van der Waals surface area contributed by atoms with Crippen LogP contribution in [0.5, 0.6) is 12.0 Å². The first-order valence-electron chi connectivity index (χ1n) is 24.5. The number of aryl methyl sites for hydroxylation is 2. The largest absolute Gasteiger partial charge is 0.461 e. The van der Waals surface area contributed by atoms with Crippen LogP contribution in [-0.2, 0) is 18.9 Å². The molecule has 12 rings (SSSR count). The summed E-state index contributed by atoms with van der Waals surface area (Å²) in [7, 11) is 0. The third-order valence-corrected chi connectivity index (χ3v) is 13.4. The molecule has 0 unspecified atom stereocenters. The molecule has 4 saturated heterocycles. The van der Waals surface area contributed by atoms with Crippen molar-refractivity contribution in [2.45, 2.75) is 90.2 Å². The van der Waals surface area contributed by atoms with Gasteiger partial charge in [-0.15, -0.1) is 0 Å². The van der Waals surface area contributed by atoms with Crippen molar-refractivity contribution in [2.75, 3.05) is 83.7 Å². The zero-order chi connectivity index (χ0) is 51.7. The van der Waals surface area contributed by atoms with Gasteiger partial charge in [0.15, 0.2) is 23.2 Å². The zero-order valence-corrected chi connectivity index (χ0v) is 43.4. The van der Waals surface area contributed by atoms with E-state index in [4.69, 9.17) is 67.3 Å². The molecule has 23 heteroatoms. The van der Waals surface area contributed by atoms with Gasteiger partial charge in [-0.2, -0.15) is 9.97 Å². The second-order valence-electron chi connectivity index (χ2n) is 19.5. The first-order valence-corrected chi connectivity index (χ1v) is 25.2. The van der Waals surface area contributed by atoms with Crippen LogP contribution in [0.25, 0.3) is 22.5 Å². The molecule has 4 atom stereocenters. The molecule has 74 heavy (non-hydrogen) atoms. The summed E-state index contributed by atoms with van der Waals surface area (Å²) >= 11 is 13.1. The lowest BCUT2D eigenvalue weighted by atomic mass is 10.1. The quantitative estimate of drug-likeness (QED) is 0.125. The van der Waals surface area contributed by atoms with Gasteiger partial charge in [-0.1, -0.05) is 23.2 Å². The maximum atomic E-state index is 13.6. The Labute approximate surface area is 438 Å². The van der Waals surface area contributed by atoms with E-state index in [-0.39, 0.29) is 42.9 Å². The van der Waals surface area contributed by atoms with E-state index < -0.39 is 11.6 Å². The van der Waals surface area contributed by atoms with Crippen molar-refractivity contribution in [1.82, 2.24) is 39.9 Å². The van der Waals surface area contributed by atoms with Crippen LogP contribution in [0, 0.1) is 13.8 Å². The fourth-order valence-corrected chi connectivity index (χ4v) is 10.0. The van der Waals surface area contributed by atoms with Gasteiger partial charge in [-0.3, -0.25) is 20.2 Å². The summed E-state index contributed by atoms with van der Waals surface area (Å²) in [4.78, 5) is 54.4. The smallest absolute Gasteiger partial charge is 0.329 e. The van der Waals surface area contributed by atoms with Gasteiger partial charge < -0.3 is 49.3 Å². The Morgan fingerprint density at radius 3 is 1.91 bits per heavy atom. The van der Waals surface area contributed by atoms with Crippen molar-refractivity contribution in [3.63, 3.8) is 0 Å². The molecule has 6 aliphatic heterocycles. The predicted octanol–water partition coefficient (Wildman–Crippen LogP) is 7.76. The summed E-state index contributed by atoms with van der Waals surface area (Å²) < 4.78 is 33.4. The number of aromatic nitrogens is 8. The Hall–Kier alpha value is -6.75. The van der Waals surface area contributed by atoms with Crippen LogP contribution in [0.4, 0.5) is 39.4 Å². The molecule has 388 valence electrons. The molecule has 0 aromatic carbocycles. The van der Waals surface area contributed by atoms with Crippen molar-refractivity contribution in [3.8, 4) is 34.5 Å². The highest BCUT2D eigenvalue weighted by atomic mass is 35.5. The van der Waals surface area contributed by atoms with Crippen molar-refractivity contribution in [3.05, 3.63) is 94.8 Å². The van der Waals surface area contributed by atoms with Gasteiger partial charge in [0.25, 0.3) is 0 Å². The highest BCUT2D eigenvalue weighted by molar-refractivity contribution is 6.34. The number of nitrogen functional groups attached to an aromatic ring is 1. The number of nitrogens with two attached hydrogens (primary N) is 1. The number of ether oxygens (including phenoxy) is 6. The first-order chi connectivity index (χ1) is 35.5. The summed E-state index contributed by atoms with van der Waals surface area (Å²) in [5, 5.41) is 7.63. The van der Waals surface area contributed by atoms with Gasteiger partial charge >= 0.3 is 18.1 Å². The van der Waals surface area contributed by atoms with Gasteiger partial charge in [0, 0.05) is 79.5 Å². The number of hydrogen-bond acceptors (Lipinski definition) is 19. The third kappa shape index (κ3) is 11.8. The summed E-state index contributed by atoms with van der Waals surface area (Å²) in [5.74, 6) is 1.05. The monoisotopic (exact) mass is 1050 g/mol. The SMILES string of the molecule is CC1(C)OC[C@H](COc2nccc(N)n2)O1.Cc1cc(-c2nc3c(cc2Cl)N2CC[C@@H](C2)N3)ccn1.Cc1cc(-c2nc3c(cc2Cl)N2CC[C@@H](C2)N3C(=O)Nc2ccnc(OC[C@H]3COC(C)(C)O3)n2)ccn1. The molecule has 6 aromatic heterocycles. The number of carbonyl (C=O) groups is 1. The summed E-state index contributed by atoms with van der Waals surface area (Å²) in [6, 6.07) is 15.5. The maximum absolute atomic E-state index is 13.6. The minimum Gasteiger partial charge on any atom is -0.461 e. The Bertz CT molecular complexity index is 3030. The van der Waals surface area contributed by atoms with E-state index in [1.807, 2.05) is 77.9 Å². The summed E-state index contributed by atoms with van der Waals surface area (Å²) in [6.07, 6.45) is 8.27. The minimum atomic E-state index is -0.639. The molecular formula is C51H58Cl2N14O7. The Balaban J connectivity index is 0.000000144. The molecule has 6 aromatic rings. The van der Waals surface area contributed by atoms with Crippen molar-refractivity contribution < 1.29 is 33.2 Å². The van der Waals surface area contributed by atoms with Gasteiger partial charge in [0.05, 0.1) is 52.1 Å². The van der Waals surface area contributed by atoms with Gasteiger partial charge in [-0.05, 0) is 103 Å². The minimum absolute atomic E-state index is 0.0244. The van der Waals surface area contributed by atoms with E-state index in [2.05, 4.69) is 50.3 Å². The van der Waals surface area contributed by atoms with Crippen molar-refractivity contribution in [1.29, 1.82) is 0 Å². The molecule has 4 bridgehead atoms. The van der Waals surface area contributed by atoms with Crippen LogP contribution < -0.4 is 40.5 Å². The Kier molecular flexibility index (Phi) is 14.6. The highest BCUT2D eigenvalue weighted by Crippen LogP contribution is 2.44. The van der Waals surface area contributed by atoms with Crippen LogP contribution in [0.2, 0.25) is 10.0 Å². The molecule has 4 N–H and O–H groups in total. The third-order valence-electron chi connectivity index (χ3n) is 12.9. The Morgan fingerprint density at radius 1 is 0.730 bits per heavy atom. The number of hydrogen-bond donors (Lipinski definition) is 3. The molecule has 0 saturated carbocycles. The standard InChI is InChI=1S/C26H28ClN7O4.C15H15ClN4.C10H15N3O3/c1-15-10-16(4-7-28-15)22-19(27)11-20-23(32-22)34(17-6-9-33(20)12-17)25(35)31-21-5-8-29-24(30-21)36-13-18-14-37-26(2,3)38-18;1-9-6-10(2-4-17-9)14-12(16)7-13-15(19-14)18-11-3-5-20(13)8-11;1-10(2)15-6-7(16-10)5-14-9-12-4-3-8(11)13-9/h4-5,7-8,10-11,17-18H,6,9,12-14H2,1-3H3,(H,29,30,31,35);2,4,6-7,11H,3,5,8H2,1H3,(H,18,19);3-4,7H,5-6H2,1-2H3,(H2,11,12,13)/t17-,18-;11-;7-/m000/s1. The van der Waals surface area contributed by atoms with E-state index in [1.165, 1.54) is 6.20 Å². The molecule has 0 spiro atoms. The first kappa shape index (κ1) is 50.8. The average molecular weight is 1050 g/mol. The number of halogens is 2. The number of fused-ring (bicyclic) bond motifs is 8. The molecule has 12 heterocycles. The van der Waals surface area contributed by atoms with E-state index in [0.29, 0.717) is 65.6 Å². The fraction of sp³-hybridized carbons (Fsp3) is 0.431. The lowest BCUT2D eigenvalue weighted by molar-refractivity contribution is -0.142. The van der Waals surface area contributed by atoms with Crippen LogP contribution >= 0.6 is 23.2 Å². The number of amides is 2. The van der Waals surface area contributed by atoms with Gasteiger partial charge in [0.2, 0.25) is 0 Å².